The van der Waals surface area contributed by atoms with Crippen LogP contribution in [0.5, 0.6) is 0 Å². The second-order valence-electron chi connectivity index (χ2n) is 5.75. The monoisotopic (exact) mass is 327 g/mol. The van der Waals surface area contributed by atoms with Crippen LogP contribution < -0.4 is 5.32 Å². The number of rotatable bonds is 8. The minimum Gasteiger partial charge on any atom is -0.394 e. The smallest absolute Gasteiger partial charge is 0.251 e. The quantitative estimate of drug-likeness (QED) is 0.783. The zero-order valence-electron chi connectivity index (χ0n) is 14.3. The van der Waals surface area contributed by atoms with Crippen molar-refractivity contribution >= 4 is 5.91 Å². The minimum atomic E-state index is -0.281. The summed E-state index contributed by atoms with van der Waals surface area (Å²) in [5.74, 6) is -0.123. The highest BCUT2D eigenvalue weighted by atomic mass is 16.5. The predicted molar refractivity (Wildman–Crippen MR) is 95.1 cm³/mol. The molecule has 2 rings (SSSR count). The summed E-state index contributed by atoms with van der Waals surface area (Å²) in [6, 6.07) is 15.6. The van der Waals surface area contributed by atoms with Crippen LogP contribution in [-0.2, 0) is 11.2 Å². The molecule has 24 heavy (non-hydrogen) atoms. The van der Waals surface area contributed by atoms with Crippen LogP contribution in [0.1, 0.15) is 40.1 Å². The maximum Gasteiger partial charge on any atom is 0.251 e. The van der Waals surface area contributed by atoms with E-state index in [2.05, 4.69) is 12.2 Å². The van der Waals surface area contributed by atoms with Gasteiger partial charge in [0.05, 0.1) is 19.3 Å². The second-order valence-corrected chi connectivity index (χ2v) is 5.75. The van der Waals surface area contributed by atoms with Crippen molar-refractivity contribution in [3.05, 3.63) is 70.8 Å². The van der Waals surface area contributed by atoms with Crippen LogP contribution in [-0.4, -0.2) is 30.8 Å². The second kappa shape index (κ2) is 9.21. The number of aliphatic hydroxyl groups excluding tert-OH is 1. The number of hydrogen-bond donors (Lipinski definition) is 2. The SMILES string of the molecule is CCc1ccc(C(=O)NCC(OCCO)c2ccc(C)cc2)cc1. The number of hydrogen-bond acceptors (Lipinski definition) is 3. The molecule has 0 radical (unpaired) electrons. The molecule has 0 heterocycles. The highest BCUT2D eigenvalue weighted by Gasteiger charge is 2.14. The Morgan fingerprint density at radius 3 is 2.38 bits per heavy atom. The van der Waals surface area contributed by atoms with Gasteiger partial charge in [-0.1, -0.05) is 48.9 Å². The van der Waals surface area contributed by atoms with Crippen LogP contribution >= 0.6 is 0 Å². The molecule has 0 aromatic heterocycles. The van der Waals surface area contributed by atoms with E-state index in [0.29, 0.717) is 12.1 Å². The first-order valence-corrected chi connectivity index (χ1v) is 8.30. The lowest BCUT2D eigenvalue weighted by Gasteiger charge is -2.19. The summed E-state index contributed by atoms with van der Waals surface area (Å²) in [6.45, 7) is 4.65. The number of aliphatic hydroxyl groups is 1. The van der Waals surface area contributed by atoms with E-state index in [0.717, 1.165) is 12.0 Å². The molecule has 4 nitrogen and oxygen atoms in total. The van der Waals surface area contributed by atoms with E-state index in [-0.39, 0.29) is 25.2 Å². The van der Waals surface area contributed by atoms with E-state index in [9.17, 15) is 4.79 Å². The predicted octanol–water partition coefficient (Wildman–Crippen LogP) is 3.04. The van der Waals surface area contributed by atoms with Gasteiger partial charge in [-0.25, -0.2) is 0 Å². The molecule has 2 aromatic rings. The largest absolute Gasteiger partial charge is 0.394 e. The lowest BCUT2D eigenvalue weighted by molar-refractivity contribution is 0.0277. The molecular weight excluding hydrogens is 302 g/mol. The van der Waals surface area contributed by atoms with Crippen LogP contribution in [0.4, 0.5) is 0 Å². The number of nitrogens with one attached hydrogen (secondary N) is 1. The van der Waals surface area contributed by atoms with Crippen molar-refractivity contribution in [3.63, 3.8) is 0 Å². The lowest BCUT2D eigenvalue weighted by Crippen LogP contribution is -2.30. The fraction of sp³-hybridized carbons (Fsp3) is 0.350. The first-order valence-electron chi connectivity index (χ1n) is 8.30. The summed E-state index contributed by atoms with van der Waals surface area (Å²) in [5, 5.41) is 11.9. The Hall–Kier alpha value is -2.17. The first-order chi connectivity index (χ1) is 11.6. The van der Waals surface area contributed by atoms with E-state index in [1.165, 1.54) is 11.1 Å². The molecule has 1 unspecified atom stereocenters. The first kappa shape index (κ1) is 18.2. The molecule has 1 atom stereocenters. The number of carbonyl (C=O) groups excluding carboxylic acids is 1. The Labute approximate surface area is 143 Å². The van der Waals surface area contributed by atoms with Crippen LogP contribution in [0, 0.1) is 6.92 Å². The zero-order chi connectivity index (χ0) is 17.4. The van der Waals surface area contributed by atoms with E-state index >= 15 is 0 Å². The third kappa shape index (κ3) is 5.18. The van der Waals surface area contributed by atoms with Crippen LogP contribution in [0.3, 0.4) is 0 Å². The molecule has 2 N–H and O–H groups in total. The van der Waals surface area contributed by atoms with Gasteiger partial charge >= 0.3 is 0 Å². The van der Waals surface area contributed by atoms with Gasteiger partial charge in [-0.3, -0.25) is 4.79 Å². The summed E-state index contributed by atoms with van der Waals surface area (Å²) >= 11 is 0. The fourth-order valence-corrected chi connectivity index (χ4v) is 2.43. The normalized spacial score (nSPS) is 12.0. The van der Waals surface area contributed by atoms with Gasteiger partial charge in [0.2, 0.25) is 0 Å². The molecule has 1 amide bonds. The molecule has 0 fully saturated rings. The summed E-state index contributed by atoms with van der Waals surface area (Å²) in [6.07, 6.45) is 0.670. The molecule has 128 valence electrons. The highest BCUT2D eigenvalue weighted by molar-refractivity contribution is 5.94. The number of benzene rings is 2. The van der Waals surface area contributed by atoms with Crippen LogP contribution in [0.2, 0.25) is 0 Å². The molecule has 0 saturated carbocycles. The average Bonchev–Trinajstić information content (AvgIpc) is 2.62. The van der Waals surface area contributed by atoms with Gasteiger partial charge in [-0.05, 0) is 36.6 Å². The average molecular weight is 327 g/mol. The molecule has 2 aromatic carbocycles. The Morgan fingerprint density at radius 2 is 1.79 bits per heavy atom. The van der Waals surface area contributed by atoms with Crippen molar-refractivity contribution in [2.45, 2.75) is 26.4 Å². The zero-order valence-corrected chi connectivity index (χ0v) is 14.3. The van der Waals surface area contributed by atoms with Crippen LogP contribution in [0.15, 0.2) is 48.5 Å². The van der Waals surface area contributed by atoms with Crippen molar-refractivity contribution in [3.8, 4) is 0 Å². The lowest BCUT2D eigenvalue weighted by atomic mass is 10.1. The van der Waals surface area contributed by atoms with E-state index in [1.54, 1.807) is 0 Å². The fourth-order valence-electron chi connectivity index (χ4n) is 2.43. The molecule has 0 aliphatic heterocycles. The van der Waals surface area contributed by atoms with Gasteiger partial charge in [-0.2, -0.15) is 0 Å². The maximum absolute atomic E-state index is 12.3. The Morgan fingerprint density at radius 1 is 1.12 bits per heavy atom. The Balaban J connectivity index is 2.00. The topological polar surface area (TPSA) is 58.6 Å². The number of ether oxygens (including phenoxy) is 1. The molecule has 0 saturated heterocycles. The molecule has 0 bridgehead atoms. The van der Waals surface area contributed by atoms with Gasteiger partial charge in [0.1, 0.15) is 0 Å². The summed E-state index contributed by atoms with van der Waals surface area (Å²) in [5.41, 5.74) is 3.99. The standard InChI is InChI=1S/C20H25NO3/c1-3-16-6-10-18(11-7-16)20(23)21-14-19(24-13-12-22)17-8-4-15(2)5-9-17/h4-11,19,22H,3,12-14H2,1-2H3,(H,21,23). The van der Waals surface area contributed by atoms with Crippen molar-refractivity contribution in [2.24, 2.45) is 0 Å². The number of amides is 1. The third-order valence-electron chi connectivity index (χ3n) is 3.93. The highest BCUT2D eigenvalue weighted by Crippen LogP contribution is 2.17. The number of aryl methyl sites for hydroxylation is 2. The third-order valence-corrected chi connectivity index (χ3v) is 3.93. The molecule has 0 aliphatic rings. The maximum atomic E-state index is 12.3. The van der Waals surface area contributed by atoms with E-state index in [4.69, 9.17) is 9.84 Å². The molecular formula is C20H25NO3. The van der Waals surface area contributed by atoms with Crippen molar-refractivity contribution in [1.29, 1.82) is 0 Å². The van der Waals surface area contributed by atoms with E-state index < -0.39 is 0 Å². The van der Waals surface area contributed by atoms with Crippen molar-refractivity contribution in [1.82, 2.24) is 5.32 Å². The number of carbonyl (C=O) groups is 1. The molecule has 0 aliphatic carbocycles. The van der Waals surface area contributed by atoms with Gasteiger partial charge in [0.15, 0.2) is 0 Å². The Bertz CT molecular complexity index is 635. The van der Waals surface area contributed by atoms with Gasteiger partial charge in [-0.15, -0.1) is 0 Å². The summed E-state index contributed by atoms with van der Waals surface area (Å²) in [4.78, 5) is 12.3. The van der Waals surface area contributed by atoms with Gasteiger partial charge in [0.25, 0.3) is 5.91 Å². The van der Waals surface area contributed by atoms with Crippen LogP contribution in [0.25, 0.3) is 0 Å². The van der Waals surface area contributed by atoms with Gasteiger partial charge in [0, 0.05) is 12.1 Å². The van der Waals surface area contributed by atoms with E-state index in [1.807, 2.05) is 55.5 Å². The van der Waals surface area contributed by atoms with Gasteiger partial charge < -0.3 is 15.2 Å². The molecule has 0 spiro atoms. The summed E-state index contributed by atoms with van der Waals surface area (Å²) < 4.78 is 5.68. The molecule has 4 heteroatoms. The minimum absolute atomic E-state index is 0.0468. The summed E-state index contributed by atoms with van der Waals surface area (Å²) in [7, 11) is 0. The van der Waals surface area contributed by atoms with Crippen molar-refractivity contribution < 1.29 is 14.6 Å². The van der Waals surface area contributed by atoms with Crippen molar-refractivity contribution in [2.75, 3.05) is 19.8 Å². The Kier molecular flexibility index (Phi) is 6.97.